The Labute approximate surface area is 178 Å². The number of aryl methyl sites for hydroxylation is 2. The van der Waals surface area contributed by atoms with Crippen LogP contribution in [0.25, 0.3) is 0 Å². The Kier molecular flexibility index (Phi) is 6.23. The van der Waals surface area contributed by atoms with Crippen molar-refractivity contribution in [3.05, 3.63) is 108 Å². The lowest BCUT2D eigenvalue weighted by molar-refractivity contribution is -0.00000608. The molecular formula is C25H24BrOP. The van der Waals surface area contributed by atoms with Crippen molar-refractivity contribution in [3.8, 4) is 0 Å². The topological polar surface area (TPSA) is 13.1 Å². The number of rotatable bonds is 4. The standard InChI is InChI=1S/C25H24OP.BrH/c1-19-20(2)26-21(3)25(19)27(22-13-7-4-8-14-22,23-15-9-5-10-16-23)24-17-11-6-12-18-24;/h4-18H,1-3H3;1H/q+1;/p-1. The fourth-order valence-corrected chi connectivity index (χ4v) is 8.77. The van der Waals surface area contributed by atoms with Gasteiger partial charge in [0.25, 0.3) is 0 Å². The summed E-state index contributed by atoms with van der Waals surface area (Å²) in [5, 5.41) is 5.42. The highest BCUT2D eigenvalue weighted by atomic mass is 79.9. The summed E-state index contributed by atoms with van der Waals surface area (Å²) in [6, 6.07) is 32.8. The Morgan fingerprint density at radius 2 is 0.893 bits per heavy atom. The van der Waals surface area contributed by atoms with E-state index in [2.05, 4.69) is 112 Å². The van der Waals surface area contributed by atoms with Gasteiger partial charge in [0.15, 0.2) is 5.30 Å². The summed E-state index contributed by atoms with van der Waals surface area (Å²) >= 11 is 0. The van der Waals surface area contributed by atoms with E-state index in [1.807, 2.05) is 0 Å². The molecule has 0 radical (unpaired) electrons. The zero-order valence-corrected chi connectivity index (χ0v) is 18.9. The van der Waals surface area contributed by atoms with Crippen LogP contribution < -0.4 is 38.2 Å². The monoisotopic (exact) mass is 450 g/mol. The molecule has 0 aliphatic heterocycles. The van der Waals surface area contributed by atoms with Crippen molar-refractivity contribution >= 4 is 28.5 Å². The number of hydrogen-bond donors (Lipinski definition) is 0. The van der Waals surface area contributed by atoms with Crippen LogP contribution in [0.4, 0.5) is 0 Å². The maximum absolute atomic E-state index is 6.14. The smallest absolute Gasteiger partial charge is 0.154 e. The molecule has 0 N–H and O–H groups in total. The van der Waals surface area contributed by atoms with Gasteiger partial charge in [-0.15, -0.1) is 0 Å². The number of furan rings is 1. The second-order valence-electron chi connectivity index (χ2n) is 6.87. The van der Waals surface area contributed by atoms with E-state index in [1.165, 1.54) is 26.8 Å². The molecule has 4 aromatic rings. The summed E-state index contributed by atoms with van der Waals surface area (Å²) < 4.78 is 6.14. The predicted octanol–water partition coefficient (Wildman–Crippen LogP) is 1.83. The van der Waals surface area contributed by atoms with Crippen LogP contribution in [0.2, 0.25) is 0 Å². The van der Waals surface area contributed by atoms with Crippen LogP contribution in [-0.4, -0.2) is 0 Å². The second-order valence-corrected chi connectivity index (χ2v) is 10.2. The Hall–Kier alpha value is -2.15. The van der Waals surface area contributed by atoms with E-state index >= 15 is 0 Å². The molecule has 0 aliphatic rings. The highest BCUT2D eigenvalue weighted by molar-refractivity contribution is 8.01. The third-order valence-corrected chi connectivity index (χ3v) is 9.83. The molecule has 0 unspecified atom stereocenters. The minimum absolute atomic E-state index is 0. The van der Waals surface area contributed by atoms with Gasteiger partial charge in [-0.3, -0.25) is 0 Å². The summed E-state index contributed by atoms with van der Waals surface area (Å²) in [4.78, 5) is 0. The van der Waals surface area contributed by atoms with Crippen molar-refractivity contribution in [3.63, 3.8) is 0 Å². The van der Waals surface area contributed by atoms with Gasteiger partial charge in [-0.05, 0) is 57.2 Å². The minimum Gasteiger partial charge on any atom is -1.00 e. The van der Waals surface area contributed by atoms with Crippen molar-refractivity contribution < 1.29 is 21.4 Å². The SMILES string of the molecule is Cc1oc(C)c([P+](c2ccccc2)(c2ccccc2)c2ccccc2)c1C.[Br-]. The molecule has 0 bridgehead atoms. The van der Waals surface area contributed by atoms with Crippen molar-refractivity contribution in [1.82, 2.24) is 0 Å². The summed E-state index contributed by atoms with van der Waals surface area (Å²) in [5.74, 6) is 2.03. The summed E-state index contributed by atoms with van der Waals surface area (Å²) in [6.07, 6.45) is 0. The van der Waals surface area contributed by atoms with E-state index in [0.717, 1.165) is 11.5 Å². The third kappa shape index (κ3) is 3.26. The number of benzene rings is 3. The molecule has 0 fully saturated rings. The Morgan fingerprint density at radius 3 is 1.18 bits per heavy atom. The van der Waals surface area contributed by atoms with Crippen molar-refractivity contribution in [2.75, 3.05) is 0 Å². The summed E-state index contributed by atoms with van der Waals surface area (Å²) in [7, 11) is -2.05. The van der Waals surface area contributed by atoms with Crippen LogP contribution in [-0.2, 0) is 0 Å². The molecule has 1 heterocycles. The van der Waals surface area contributed by atoms with Crippen molar-refractivity contribution in [1.29, 1.82) is 0 Å². The van der Waals surface area contributed by atoms with Crippen LogP contribution in [0.3, 0.4) is 0 Å². The van der Waals surface area contributed by atoms with Gasteiger partial charge in [-0.25, -0.2) is 0 Å². The molecule has 0 atom stereocenters. The van der Waals surface area contributed by atoms with E-state index < -0.39 is 7.26 Å². The average Bonchev–Trinajstić information content (AvgIpc) is 2.98. The second kappa shape index (κ2) is 8.47. The lowest BCUT2D eigenvalue weighted by Crippen LogP contribution is -3.00. The molecular weight excluding hydrogens is 427 g/mol. The first-order valence-electron chi connectivity index (χ1n) is 9.28. The van der Waals surface area contributed by atoms with Crippen LogP contribution in [0.15, 0.2) is 95.4 Å². The Morgan fingerprint density at radius 1 is 0.536 bits per heavy atom. The number of halogens is 1. The fraction of sp³-hybridized carbons (Fsp3) is 0.120. The molecule has 0 saturated carbocycles. The highest BCUT2D eigenvalue weighted by Gasteiger charge is 2.51. The van der Waals surface area contributed by atoms with Gasteiger partial charge in [-0.2, -0.15) is 0 Å². The average molecular weight is 451 g/mol. The molecule has 142 valence electrons. The zero-order chi connectivity index (χ0) is 18.9. The summed E-state index contributed by atoms with van der Waals surface area (Å²) in [5.41, 5.74) is 1.26. The van der Waals surface area contributed by atoms with Gasteiger partial charge in [0.05, 0.1) is 0 Å². The molecule has 0 saturated heterocycles. The van der Waals surface area contributed by atoms with E-state index in [-0.39, 0.29) is 17.0 Å². The molecule has 0 aliphatic carbocycles. The number of hydrogen-bond acceptors (Lipinski definition) is 1. The molecule has 3 aromatic carbocycles. The minimum atomic E-state index is -2.05. The lowest BCUT2D eigenvalue weighted by Gasteiger charge is -2.27. The van der Waals surface area contributed by atoms with Crippen LogP contribution >= 0.6 is 7.26 Å². The molecule has 1 nitrogen and oxygen atoms in total. The molecule has 4 rings (SSSR count). The highest BCUT2D eigenvalue weighted by Crippen LogP contribution is 2.56. The van der Waals surface area contributed by atoms with Crippen LogP contribution in [0.1, 0.15) is 17.1 Å². The zero-order valence-electron chi connectivity index (χ0n) is 16.4. The van der Waals surface area contributed by atoms with Gasteiger partial charge in [-0.1, -0.05) is 54.6 Å². The third-order valence-electron chi connectivity index (χ3n) is 5.29. The molecule has 28 heavy (non-hydrogen) atoms. The molecule has 0 amide bonds. The largest absolute Gasteiger partial charge is 1.00 e. The van der Waals surface area contributed by atoms with Crippen LogP contribution in [0.5, 0.6) is 0 Å². The molecule has 0 spiro atoms. The normalized spacial score (nSPS) is 11.1. The maximum atomic E-state index is 6.14. The first kappa shape index (κ1) is 20.6. The lowest BCUT2D eigenvalue weighted by atomic mass is 10.3. The molecule has 1 aromatic heterocycles. The molecule has 3 heteroatoms. The van der Waals surface area contributed by atoms with Gasteiger partial charge in [0, 0.05) is 5.56 Å². The quantitative estimate of drug-likeness (QED) is 0.432. The van der Waals surface area contributed by atoms with E-state index in [4.69, 9.17) is 4.42 Å². The van der Waals surface area contributed by atoms with Gasteiger partial charge >= 0.3 is 0 Å². The van der Waals surface area contributed by atoms with E-state index in [1.54, 1.807) is 0 Å². The van der Waals surface area contributed by atoms with Crippen molar-refractivity contribution in [2.45, 2.75) is 20.8 Å². The van der Waals surface area contributed by atoms with Gasteiger partial charge in [0.1, 0.15) is 34.7 Å². The first-order valence-corrected chi connectivity index (χ1v) is 11.1. The maximum Gasteiger partial charge on any atom is 0.154 e. The van der Waals surface area contributed by atoms with Crippen LogP contribution in [0, 0.1) is 20.8 Å². The van der Waals surface area contributed by atoms with Gasteiger partial charge < -0.3 is 21.4 Å². The Bertz CT molecular complexity index is 943. The van der Waals surface area contributed by atoms with E-state index in [9.17, 15) is 0 Å². The first-order chi connectivity index (χ1) is 13.2. The van der Waals surface area contributed by atoms with E-state index in [0.29, 0.717) is 0 Å². The predicted molar refractivity (Wildman–Crippen MR) is 118 cm³/mol. The van der Waals surface area contributed by atoms with Gasteiger partial charge in [0.2, 0.25) is 0 Å². The summed E-state index contributed by atoms with van der Waals surface area (Å²) in [6.45, 7) is 6.38. The Balaban J connectivity index is 0.00000225. The fourth-order valence-electron chi connectivity index (χ4n) is 4.06. The van der Waals surface area contributed by atoms with Crippen molar-refractivity contribution in [2.24, 2.45) is 0 Å².